The van der Waals surface area contributed by atoms with Crippen LogP contribution in [-0.2, 0) is 0 Å². The molecular formula is C31H25N3S2. The van der Waals surface area contributed by atoms with Gasteiger partial charge in [-0.1, -0.05) is 102 Å². The van der Waals surface area contributed by atoms with Gasteiger partial charge in [-0.3, -0.25) is 0 Å². The molecule has 0 spiro atoms. The van der Waals surface area contributed by atoms with Crippen LogP contribution in [0.15, 0.2) is 125 Å². The summed E-state index contributed by atoms with van der Waals surface area (Å²) in [5.41, 5.74) is 8.65. The molecule has 36 heavy (non-hydrogen) atoms. The molecule has 176 valence electrons. The van der Waals surface area contributed by atoms with Crippen molar-refractivity contribution in [3.8, 4) is 0 Å². The molecule has 0 aliphatic carbocycles. The van der Waals surface area contributed by atoms with Crippen LogP contribution in [0, 0.1) is 0 Å². The summed E-state index contributed by atoms with van der Waals surface area (Å²) >= 11 is 3.76. The highest BCUT2D eigenvalue weighted by Gasteiger charge is 2.25. The molecule has 0 amide bonds. The third kappa shape index (κ3) is 4.08. The Labute approximate surface area is 220 Å². The fourth-order valence-electron chi connectivity index (χ4n) is 4.96. The van der Waals surface area contributed by atoms with E-state index in [9.17, 15) is 0 Å². The van der Waals surface area contributed by atoms with Gasteiger partial charge < -0.3 is 16.0 Å². The van der Waals surface area contributed by atoms with Crippen molar-refractivity contribution in [3.05, 3.63) is 138 Å². The number of rotatable bonds is 4. The summed E-state index contributed by atoms with van der Waals surface area (Å²) in [4.78, 5) is 2.62. The first-order valence-electron chi connectivity index (χ1n) is 12.2. The molecular weight excluding hydrogens is 478 g/mol. The third-order valence-electron chi connectivity index (χ3n) is 6.79. The standard InChI is InChI=1S/C31H25N3S2/c1-3-16-28-26(12-1)33-30(35-28)22-10-5-8-20(18-22)24-14-7-15-25(32-24)21-9-6-11-23(19-21)31-34-27-13-2-4-17-29(27)36-31/h1-19,24,30-34H. The predicted molar refractivity (Wildman–Crippen MR) is 153 cm³/mol. The minimum atomic E-state index is 0.130. The smallest absolute Gasteiger partial charge is 0.103 e. The normalized spacial score (nSPS) is 21.6. The van der Waals surface area contributed by atoms with Gasteiger partial charge in [0.05, 0.1) is 6.04 Å². The van der Waals surface area contributed by atoms with Crippen molar-refractivity contribution in [1.82, 2.24) is 5.32 Å². The lowest BCUT2D eigenvalue weighted by Crippen LogP contribution is -2.21. The molecule has 0 radical (unpaired) electrons. The lowest BCUT2D eigenvalue weighted by molar-refractivity contribution is 0.762. The summed E-state index contributed by atoms with van der Waals surface area (Å²) in [5, 5.41) is 11.6. The number of fused-ring (bicyclic) bond motifs is 2. The van der Waals surface area contributed by atoms with E-state index in [-0.39, 0.29) is 16.8 Å². The number of anilines is 2. The van der Waals surface area contributed by atoms with Gasteiger partial charge in [-0.05, 0) is 58.7 Å². The molecule has 7 rings (SSSR count). The zero-order chi connectivity index (χ0) is 23.9. The molecule has 3 nitrogen and oxygen atoms in total. The molecule has 4 aromatic carbocycles. The highest BCUT2D eigenvalue weighted by atomic mass is 32.2. The first-order chi connectivity index (χ1) is 17.8. The lowest BCUT2D eigenvalue weighted by atomic mass is 9.98. The molecule has 3 aliphatic heterocycles. The van der Waals surface area contributed by atoms with Gasteiger partial charge >= 0.3 is 0 Å². The largest absolute Gasteiger partial charge is 0.374 e. The van der Waals surface area contributed by atoms with Crippen LogP contribution in [-0.4, -0.2) is 0 Å². The molecule has 3 N–H and O–H groups in total. The second-order valence-corrected chi connectivity index (χ2v) is 11.5. The van der Waals surface area contributed by atoms with E-state index in [0.29, 0.717) is 0 Å². The molecule has 4 aromatic rings. The average molecular weight is 504 g/mol. The number of thioether (sulfide) groups is 2. The van der Waals surface area contributed by atoms with Gasteiger partial charge in [0, 0.05) is 26.9 Å². The lowest BCUT2D eigenvalue weighted by Gasteiger charge is -2.24. The number of hydrogen-bond donors (Lipinski definition) is 3. The molecule has 0 bridgehead atoms. The van der Waals surface area contributed by atoms with Crippen molar-refractivity contribution in [2.24, 2.45) is 0 Å². The topological polar surface area (TPSA) is 36.1 Å². The Kier molecular flexibility index (Phi) is 5.52. The second-order valence-electron chi connectivity index (χ2n) is 9.16. The maximum Gasteiger partial charge on any atom is 0.103 e. The first kappa shape index (κ1) is 21.7. The van der Waals surface area contributed by atoms with Crippen molar-refractivity contribution < 1.29 is 0 Å². The predicted octanol–water partition coefficient (Wildman–Crippen LogP) is 8.36. The maximum atomic E-state index is 3.78. The molecule has 5 heteroatoms. The van der Waals surface area contributed by atoms with Crippen molar-refractivity contribution in [3.63, 3.8) is 0 Å². The molecule has 0 saturated heterocycles. The number of nitrogens with one attached hydrogen (secondary N) is 3. The first-order valence-corrected chi connectivity index (χ1v) is 14.0. The Morgan fingerprint density at radius 3 is 1.86 bits per heavy atom. The summed E-state index contributed by atoms with van der Waals surface area (Å²) < 4.78 is 0. The molecule has 3 unspecified atom stereocenters. The summed E-state index contributed by atoms with van der Waals surface area (Å²) in [5.74, 6) is 0. The molecule has 0 fully saturated rings. The van der Waals surface area contributed by atoms with Crippen LogP contribution in [0.3, 0.4) is 0 Å². The van der Waals surface area contributed by atoms with E-state index in [2.05, 4.69) is 131 Å². The van der Waals surface area contributed by atoms with Crippen molar-refractivity contribution >= 4 is 40.6 Å². The van der Waals surface area contributed by atoms with E-state index in [0.717, 1.165) is 5.70 Å². The summed E-state index contributed by atoms with van der Waals surface area (Å²) in [7, 11) is 0. The van der Waals surface area contributed by atoms with Gasteiger partial charge in [-0.15, -0.1) is 0 Å². The summed E-state index contributed by atoms with van der Waals surface area (Å²) in [6.45, 7) is 0. The highest BCUT2D eigenvalue weighted by molar-refractivity contribution is 8.00. The highest BCUT2D eigenvalue weighted by Crippen LogP contribution is 2.47. The Morgan fingerprint density at radius 2 is 1.17 bits per heavy atom. The van der Waals surface area contributed by atoms with Gasteiger partial charge in [0.25, 0.3) is 0 Å². The van der Waals surface area contributed by atoms with Crippen molar-refractivity contribution in [2.75, 3.05) is 10.6 Å². The van der Waals surface area contributed by atoms with E-state index < -0.39 is 0 Å². The van der Waals surface area contributed by atoms with Crippen LogP contribution in [0.5, 0.6) is 0 Å². The van der Waals surface area contributed by atoms with Gasteiger partial charge in [0.2, 0.25) is 0 Å². The molecule has 3 aliphatic rings. The monoisotopic (exact) mass is 503 g/mol. The van der Waals surface area contributed by atoms with E-state index >= 15 is 0 Å². The number of dihydropyridines is 1. The molecule has 3 atom stereocenters. The van der Waals surface area contributed by atoms with Crippen LogP contribution in [0.1, 0.15) is 39.0 Å². The van der Waals surface area contributed by atoms with E-state index in [1.54, 1.807) is 0 Å². The van der Waals surface area contributed by atoms with Crippen molar-refractivity contribution in [1.29, 1.82) is 0 Å². The quantitative estimate of drug-likeness (QED) is 0.261. The van der Waals surface area contributed by atoms with Crippen LogP contribution < -0.4 is 16.0 Å². The Bertz CT molecular complexity index is 1460. The third-order valence-corrected chi connectivity index (χ3v) is 9.26. The van der Waals surface area contributed by atoms with Crippen LogP contribution in [0.4, 0.5) is 11.4 Å². The SMILES string of the molecule is C1=CC(c2cccc(C3Nc4ccccc4S3)c2)NC(c2cccc(C3Nc4ccccc4S3)c2)=C1. The minimum absolute atomic E-state index is 0.130. The number of hydrogen-bond acceptors (Lipinski definition) is 5. The molecule has 0 aromatic heterocycles. The number of allylic oxidation sites excluding steroid dienone is 2. The van der Waals surface area contributed by atoms with E-state index in [1.807, 2.05) is 23.5 Å². The van der Waals surface area contributed by atoms with Gasteiger partial charge in [0.15, 0.2) is 0 Å². The van der Waals surface area contributed by atoms with Gasteiger partial charge in [-0.2, -0.15) is 0 Å². The number of benzene rings is 4. The zero-order valence-corrected chi connectivity index (χ0v) is 21.2. The molecule has 0 saturated carbocycles. The molecule has 3 heterocycles. The zero-order valence-electron chi connectivity index (χ0n) is 19.5. The summed E-state index contributed by atoms with van der Waals surface area (Å²) in [6, 6.07) is 35.0. The maximum absolute atomic E-state index is 3.78. The van der Waals surface area contributed by atoms with Crippen molar-refractivity contribution in [2.45, 2.75) is 26.6 Å². The van der Waals surface area contributed by atoms with Crippen LogP contribution >= 0.6 is 23.5 Å². The van der Waals surface area contributed by atoms with Crippen LogP contribution in [0.25, 0.3) is 5.70 Å². The fourth-order valence-corrected chi connectivity index (χ4v) is 7.23. The summed E-state index contributed by atoms with van der Waals surface area (Å²) in [6.07, 6.45) is 6.59. The van der Waals surface area contributed by atoms with E-state index in [4.69, 9.17) is 0 Å². The van der Waals surface area contributed by atoms with Crippen LogP contribution in [0.2, 0.25) is 0 Å². The average Bonchev–Trinajstić information content (AvgIpc) is 3.58. The van der Waals surface area contributed by atoms with Gasteiger partial charge in [-0.25, -0.2) is 0 Å². The van der Waals surface area contributed by atoms with Gasteiger partial charge in [0.1, 0.15) is 10.7 Å². The Balaban J connectivity index is 1.09. The fraction of sp³-hybridized carbons (Fsp3) is 0.0968. The number of para-hydroxylation sites is 2. The Hall–Kier alpha value is -3.54. The Morgan fingerprint density at radius 1 is 0.556 bits per heavy atom. The van der Waals surface area contributed by atoms with E-state index in [1.165, 1.54) is 43.4 Å². The second kappa shape index (κ2) is 9.16. The minimum Gasteiger partial charge on any atom is -0.374 e.